The molecule has 0 aliphatic heterocycles. The number of carbonyl (C=O) groups is 2. The van der Waals surface area contributed by atoms with Crippen LogP contribution in [0.25, 0.3) is 10.9 Å². The van der Waals surface area contributed by atoms with Crippen LogP contribution in [0.2, 0.25) is 0 Å². The number of fused-ring (bicyclic) bond motifs is 1. The van der Waals surface area contributed by atoms with Gasteiger partial charge in [0.05, 0.1) is 5.52 Å². The Morgan fingerprint density at radius 2 is 1.74 bits per heavy atom. The molecule has 2 rings (SSSR count). The molecule has 8 heteroatoms. The third kappa shape index (κ3) is 5.87. The second-order valence-electron chi connectivity index (χ2n) is 4.78. The normalized spacial score (nSPS) is 12.0. The molecule has 0 amide bonds. The highest BCUT2D eigenvalue weighted by molar-refractivity contribution is 5.89. The molecule has 0 radical (unpaired) electrons. The zero-order chi connectivity index (χ0) is 17.6. The smallest absolute Gasteiger partial charge is 0.328 e. The Labute approximate surface area is 130 Å². The van der Waals surface area contributed by atoms with Crippen LogP contribution in [0.15, 0.2) is 36.5 Å². The van der Waals surface area contributed by atoms with Gasteiger partial charge in [-0.3, -0.25) is 0 Å². The summed E-state index contributed by atoms with van der Waals surface area (Å²) in [5, 5.41) is 16.3. The van der Waals surface area contributed by atoms with Gasteiger partial charge in [-0.05, 0) is 19.1 Å². The molecule has 0 unspecified atom stereocenters. The first-order chi connectivity index (χ1) is 10.7. The summed E-state index contributed by atoms with van der Waals surface area (Å²) in [6.45, 7) is 2.46. The number of hydrogen-bond donors (Lipinski definition) is 3. The van der Waals surface area contributed by atoms with E-state index in [2.05, 4.69) is 0 Å². The van der Waals surface area contributed by atoms with E-state index in [0.717, 1.165) is 0 Å². The minimum atomic E-state index is -1.26. The lowest BCUT2D eigenvalue weighted by atomic mass is 10.2. The van der Waals surface area contributed by atoms with Crippen LogP contribution >= 0.6 is 0 Å². The van der Waals surface area contributed by atoms with Crippen LogP contribution in [0.3, 0.4) is 0 Å². The third-order valence-corrected chi connectivity index (χ3v) is 2.67. The highest BCUT2D eigenvalue weighted by atomic mass is 19.2. The first-order valence-corrected chi connectivity index (χ1v) is 6.54. The molecule has 1 heterocycles. The van der Waals surface area contributed by atoms with E-state index < -0.39 is 23.6 Å². The Balaban J connectivity index is 0.000000284. The van der Waals surface area contributed by atoms with Crippen LogP contribution in [0.1, 0.15) is 6.92 Å². The predicted molar refractivity (Wildman–Crippen MR) is 79.9 cm³/mol. The maximum absolute atomic E-state index is 13.0. The van der Waals surface area contributed by atoms with Crippen molar-refractivity contribution < 1.29 is 28.6 Å². The Morgan fingerprint density at radius 3 is 2.22 bits per heavy atom. The third-order valence-electron chi connectivity index (χ3n) is 2.67. The Bertz CT molecular complexity index is 722. The van der Waals surface area contributed by atoms with Gasteiger partial charge in [-0.1, -0.05) is 0 Å². The highest BCUT2D eigenvalue weighted by Crippen LogP contribution is 2.19. The van der Waals surface area contributed by atoms with Gasteiger partial charge < -0.3 is 20.5 Å². The van der Waals surface area contributed by atoms with Gasteiger partial charge in [0.15, 0.2) is 11.6 Å². The summed E-state index contributed by atoms with van der Waals surface area (Å²) < 4.78 is 27.8. The van der Waals surface area contributed by atoms with Gasteiger partial charge >= 0.3 is 11.9 Å². The first-order valence-electron chi connectivity index (χ1n) is 6.54. The molecule has 0 spiro atoms. The highest BCUT2D eigenvalue weighted by Gasteiger charge is 2.08. The number of nitrogens with zero attached hydrogens (tertiary/aromatic N) is 1. The fourth-order valence-electron chi connectivity index (χ4n) is 1.80. The van der Waals surface area contributed by atoms with Gasteiger partial charge in [0.1, 0.15) is 0 Å². The topological polar surface area (TPSA) is 106 Å². The number of carboxylic acids is 2. The van der Waals surface area contributed by atoms with Gasteiger partial charge in [0.2, 0.25) is 0 Å². The molecule has 1 aromatic heterocycles. The van der Waals surface area contributed by atoms with Crippen LogP contribution in [-0.4, -0.2) is 32.8 Å². The zero-order valence-corrected chi connectivity index (χ0v) is 12.2. The number of hydrogen-bond acceptors (Lipinski definition) is 3. The minimum Gasteiger partial charge on any atom is -0.478 e. The van der Waals surface area contributed by atoms with Crippen molar-refractivity contribution in [3.63, 3.8) is 0 Å². The van der Waals surface area contributed by atoms with Crippen molar-refractivity contribution in [2.45, 2.75) is 19.5 Å². The molecule has 124 valence electrons. The number of nitrogens with two attached hydrogens (primary N) is 1. The van der Waals surface area contributed by atoms with Crippen molar-refractivity contribution in [3.05, 3.63) is 48.2 Å². The van der Waals surface area contributed by atoms with Crippen LogP contribution in [0.4, 0.5) is 8.78 Å². The molecule has 0 aliphatic carbocycles. The Morgan fingerprint density at radius 1 is 1.22 bits per heavy atom. The van der Waals surface area contributed by atoms with Crippen LogP contribution in [0, 0.1) is 11.6 Å². The molecule has 2 aromatic rings. The maximum atomic E-state index is 13.0. The van der Waals surface area contributed by atoms with Crippen molar-refractivity contribution in [1.82, 2.24) is 4.57 Å². The van der Waals surface area contributed by atoms with E-state index in [1.165, 1.54) is 12.1 Å². The Kier molecular flexibility index (Phi) is 6.40. The summed E-state index contributed by atoms with van der Waals surface area (Å²) in [5.41, 5.74) is 6.33. The molecule has 4 N–H and O–H groups in total. The summed E-state index contributed by atoms with van der Waals surface area (Å²) in [6, 6.07) is 4.13. The van der Waals surface area contributed by atoms with Crippen molar-refractivity contribution in [2.24, 2.45) is 5.73 Å². The summed E-state index contributed by atoms with van der Waals surface area (Å²) in [5.74, 6) is -4.16. The van der Waals surface area contributed by atoms with Crippen molar-refractivity contribution in [1.29, 1.82) is 0 Å². The van der Waals surface area contributed by atoms with Gasteiger partial charge in [0.25, 0.3) is 0 Å². The van der Waals surface area contributed by atoms with Crippen LogP contribution in [0.5, 0.6) is 0 Å². The minimum absolute atomic E-state index is 0.0197. The van der Waals surface area contributed by atoms with Crippen molar-refractivity contribution in [3.8, 4) is 0 Å². The SMILES string of the molecule is C[C@@H](N)Cn1ccc2cc(F)c(F)cc21.O=C(O)/C=C/C(=O)O. The molecule has 0 fully saturated rings. The lowest BCUT2D eigenvalue weighted by molar-refractivity contribution is -0.134. The lowest BCUT2D eigenvalue weighted by Gasteiger charge is -2.08. The molecule has 0 saturated heterocycles. The second kappa shape index (κ2) is 8.04. The van der Waals surface area contributed by atoms with Crippen molar-refractivity contribution in [2.75, 3.05) is 0 Å². The average molecular weight is 326 g/mol. The van der Waals surface area contributed by atoms with Crippen LogP contribution < -0.4 is 5.73 Å². The summed E-state index contributed by atoms with van der Waals surface area (Å²) in [6.07, 6.45) is 2.90. The summed E-state index contributed by atoms with van der Waals surface area (Å²) >= 11 is 0. The Hall–Kier alpha value is -2.74. The molecule has 0 bridgehead atoms. The molecule has 1 atom stereocenters. The van der Waals surface area contributed by atoms with E-state index in [4.69, 9.17) is 15.9 Å². The number of rotatable bonds is 4. The van der Waals surface area contributed by atoms with E-state index in [9.17, 15) is 18.4 Å². The van der Waals surface area contributed by atoms with Gasteiger partial charge in [0, 0.05) is 42.4 Å². The molecular weight excluding hydrogens is 310 g/mol. The standard InChI is InChI=1S/C11H12F2N2.C4H4O4/c1-7(14)6-15-3-2-8-4-9(12)10(13)5-11(8)15;5-3(6)1-2-4(7)8/h2-5,7H,6,14H2,1H3;1-2H,(H,5,6)(H,7,8)/b;2-1+/t7-;/m1./s1. The largest absolute Gasteiger partial charge is 0.478 e. The number of halogens is 2. The molecule has 1 aromatic carbocycles. The van der Waals surface area contributed by atoms with Gasteiger partial charge in [-0.25, -0.2) is 18.4 Å². The van der Waals surface area contributed by atoms with E-state index in [-0.39, 0.29) is 6.04 Å². The fraction of sp³-hybridized carbons (Fsp3) is 0.200. The molecule has 0 saturated carbocycles. The van der Waals surface area contributed by atoms with Crippen LogP contribution in [-0.2, 0) is 16.1 Å². The summed E-state index contributed by atoms with van der Waals surface area (Å²) in [7, 11) is 0. The molecule has 23 heavy (non-hydrogen) atoms. The number of aliphatic carboxylic acids is 2. The summed E-state index contributed by atoms with van der Waals surface area (Å²) in [4.78, 5) is 19.1. The number of carboxylic acid groups (broad SMARTS) is 2. The monoisotopic (exact) mass is 326 g/mol. The fourth-order valence-corrected chi connectivity index (χ4v) is 1.80. The van der Waals surface area contributed by atoms with E-state index in [1.54, 1.807) is 12.3 Å². The van der Waals surface area contributed by atoms with E-state index in [1.807, 2.05) is 11.5 Å². The number of aromatic nitrogens is 1. The predicted octanol–water partition coefficient (Wildman–Crippen LogP) is 1.98. The van der Waals surface area contributed by atoms with E-state index in [0.29, 0.717) is 29.6 Å². The molecule has 6 nitrogen and oxygen atoms in total. The zero-order valence-electron chi connectivity index (χ0n) is 12.2. The van der Waals surface area contributed by atoms with Gasteiger partial charge in [-0.15, -0.1) is 0 Å². The average Bonchev–Trinajstić information content (AvgIpc) is 2.79. The first kappa shape index (κ1) is 18.3. The van der Waals surface area contributed by atoms with Gasteiger partial charge in [-0.2, -0.15) is 0 Å². The van der Waals surface area contributed by atoms with E-state index >= 15 is 0 Å². The quantitative estimate of drug-likeness (QED) is 0.745. The second-order valence-corrected chi connectivity index (χ2v) is 4.78. The van der Waals surface area contributed by atoms with Crippen molar-refractivity contribution >= 4 is 22.8 Å². The molecular formula is C15H16F2N2O4. The lowest BCUT2D eigenvalue weighted by Crippen LogP contribution is -2.21. The number of benzene rings is 1. The molecule has 0 aliphatic rings. The maximum Gasteiger partial charge on any atom is 0.328 e.